The Labute approximate surface area is 112 Å². The number of benzene rings is 1. The van der Waals surface area contributed by atoms with Gasteiger partial charge in [-0.1, -0.05) is 0 Å². The van der Waals surface area contributed by atoms with Crippen LogP contribution in [-0.2, 0) is 0 Å². The lowest BCUT2D eigenvalue weighted by atomic mass is 10.0. The number of anilines is 1. The predicted octanol–water partition coefficient (Wildman–Crippen LogP) is 1.79. The normalized spacial score (nSPS) is 18.2. The van der Waals surface area contributed by atoms with Gasteiger partial charge in [-0.25, -0.2) is 0 Å². The second kappa shape index (κ2) is 5.05. The Morgan fingerprint density at radius 1 is 1.47 bits per heavy atom. The molecule has 1 N–H and O–H groups in total. The lowest BCUT2D eigenvalue weighted by Crippen LogP contribution is -2.57. The van der Waals surface area contributed by atoms with E-state index in [1.54, 1.807) is 19.2 Å². The van der Waals surface area contributed by atoms with E-state index in [1.807, 2.05) is 4.90 Å². The zero-order valence-corrected chi connectivity index (χ0v) is 11.5. The van der Waals surface area contributed by atoms with E-state index in [0.29, 0.717) is 11.4 Å². The molecule has 1 aromatic rings. The highest BCUT2D eigenvalue weighted by Crippen LogP contribution is 2.33. The molecule has 0 aliphatic carbocycles. The summed E-state index contributed by atoms with van der Waals surface area (Å²) in [5.74, 6) is 0.636. The number of rotatable bonds is 3. The molecule has 1 aliphatic rings. The summed E-state index contributed by atoms with van der Waals surface area (Å²) < 4.78 is 5.17. The maximum Gasteiger partial charge on any atom is 0.292 e. The van der Waals surface area contributed by atoms with Crippen LogP contribution < -0.4 is 15.0 Å². The molecule has 0 atom stereocenters. The molecule has 0 spiro atoms. The van der Waals surface area contributed by atoms with Gasteiger partial charge in [-0.15, -0.1) is 0 Å². The first-order chi connectivity index (χ1) is 8.93. The van der Waals surface area contributed by atoms with Gasteiger partial charge in [0.25, 0.3) is 5.69 Å². The van der Waals surface area contributed by atoms with Gasteiger partial charge in [0.15, 0.2) is 0 Å². The Balaban J connectivity index is 2.38. The van der Waals surface area contributed by atoms with E-state index < -0.39 is 0 Å². The fourth-order valence-corrected chi connectivity index (χ4v) is 2.38. The standard InChI is InChI=1S/C13H19N3O3/c1-13(2)9-15(7-6-14-13)12-8-10(19-3)4-5-11(12)16(17)18/h4-5,8,14H,6-7,9H2,1-3H3. The molecule has 0 unspecified atom stereocenters. The van der Waals surface area contributed by atoms with Gasteiger partial charge in [0.2, 0.25) is 0 Å². The maximum absolute atomic E-state index is 11.1. The Morgan fingerprint density at radius 3 is 2.79 bits per heavy atom. The molecule has 0 amide bonds. The zero-order valence-electron chi connectivity index (χ0n) is 11.5. The Kier molecular flexibility index (Phi) is 3.61. The van der Waals surface area contributed by atoms with E-state index in [4.69, 9.17) is 4.74 Å². The molecule has 1 heterocycles. The topological polar surface area (TPSA) is 67.6 Å². The summed E-state index contributed by atoms with van der Waals surface area (Å²) in [4.78, 5) is 12.8. The van der Waals surface area contributed by atoms with E-state index in [9.17, 15) is 10.1 Å². The van der Waals surface area contributed by atoms with Crippen LogP contribution in [0.2, 0.25) is 0 Å². The number of piperazine rings is 1. The quantitative estimate of drug-likeness (QED) is 0.666. The molecular formula is C13H19N3O3. The molecule has 0 radical (unpaired) electrons. The van der Waals surface area contributed by atoms with E-state index in [2.05, 4.69) is 19.2 Å². The van der Waals surface area contributed by atoms with Crippen LogP contribution in [0.5, 0.6) is 5.75 Å². The number of nitro groups is 1. The van der Waals surface area contributed by atoms with Crippen molar-refractivity contribution in [2.24, 2.45) is 0 Å². The third-order valence-electron chi connectivity index (χ3n) is 3.29. The van der Waals surface area contributed by atoms with Gasteiger partial charge >= 0.3 is 0 Å². The molecular weight excluding hydrogens is 246 g/mol. The van der Waals surface area contributed by atoms with Crippen molar-refractivity contribution in [3.8, 4) is 5.75 Å². The van der Waals surface area contributed by atoms with Crippen molar-refractivity contribution in [2.75, 3.05) is 31.6 Å². The number of methoxy groups -OCH3 is 1. The molecule has 104 valence electrons. The van der Waals surface area contributed by atoms with E-state index >= 15 is 0 Å². The molecule has 1 saturated heterocycles. The summed E-state index contributed by atoms with van der Waals surface area (Å²) in [5, 5.41) is 14.5. The Morgan fingerprint density at radius 2 is 2.21 bits per heavy atom. The van der Waals surface area contributed by atoms with Crippen molar-refractivity contribution in [1.82, 2.24) is 5.32 Å². The van der Waals surface area contributed by atoms with Gasteiger partial charge < -0.3 is 15.0 Å². The summed E-state index contributed by atoms with van der Waals surface area (Å²) in [7, 11) is 1.56. The number of ether oxygens (including phenoxy) is 1. The molecule has 1 aromatic carbocycles. The third-order valence-corrected chi connectivity index (χ3v) is 3.29. The van der Waals surface area contributed by atoms with Gasteiger partial charge in [0, 0.05) is 37.3 Å². The number of nitro benzene ring substituents is 1. The fourth-order valence-electron chi connectivity index (χ4n) is 2.38. The summed E-state index contributed by atoms with van der Waals surface area (Å²) in [6.07, 6.45) is 0. The first-order valence-electron chi connectivity index (χ1n) is 6.25. The van der Waals surface area contributed by atoms with Crippen LogP contribution in [0.1, 0.15) is 13.8 Å². The fraction of sp³-hybridized carbons (Fsp3) is 0.538. The van der Waals surface area contributed by atoms with Crippen molar-refractivity contribution in [2.45, 2.75) is 19.4 Å². The first kappa shape index (κ1) is 13.6. The van der Waals surface area contributed by atoms with Crippen LogP contribution in [-0.4, -0.2) is 37.2 Å². The number of hydrogen-bond donors (Lipinski definition) is 1. The van der Waals surface area contributed by atoms with E-state index in [-0.39, 0.29) is 16.1 Å². The van der Waals surface area contributed by atoms with Crippen molar-refractivity contribution >= 4 is 11.4 Å². The van der Waals surface area contributed by atoms with Crippen LogP contribution >= 0.6 is 0 Å². The second-order valence-corrected chi connectivity index (χ2v) is 5.34. The molecule has 1 aliphatic heterocycles. The monoisotopic (exact) mass is 265 g/mol. The maximum atomic E-state index is 11.1. The van der Waals surface area contributed by atoms with E-state index in [0.717, 1.165) is 19.6 Å². The molecule has 6 heteroatoms. The van der Waals surface area contributed by atoms with Gasteiger partial charge in [-0.05, 0) is 19.9 Å². The molecule has 0 aromatic heterocycles. The SMILES string of the molecule is COc1ccc([N+](=O)[O-])c(N2CCNC(C)(C)C2)c1. The van der Waals surface area contributed by atoms with Gasteiger partial charge in [0.05, 0.1) is 12.0 Å². The average Bonchev–Trinajstić information content (AvgIpc) is 2.36. The van der Waals surface area contributed by atoms with Crippen molar-refractivity contribution in [1.29, 1.82) is 0 Å². The molecule has 0 saturated carbocycles. The van der Waals surface area contributed by atoms with Crippen molar-refractivity contribution in [3.05, 3.63) is 28.3 Å². The summed E-state index contributed by atoms with van der Waals surface area (Å²) in [6, 6.07) is 4.86. The minimum Gasteiger partial charge on any atom is -0.497 e. The van der Waals surface area contributed by atoms with Crippen LogP contribution in [0.4, 0.5) is 11.4 Å². The van der Waals surface area contributed by atoms with Gasteiger partial charge in [-0.3, -0.25) is 10.1 Å². The zero-order chi connectivity index (χ0) is 14.0. The molecule has 19 heavy (non-hydrogen) atoms. The van der Waals surface area contributed by atoms with Crippen molar-refractivity contribution < 1.29 is 9.66 Å². The molecule has 6 nitrogen and oxygen atoms in total. The minimum atomic E-state index is -0.343. The summed E-state index contributed by atoms with van der Waals surface area (Å²) >= 11 is 0. The summed E-state index contributed by atoms with van der Waals surface area (Å²) in [5.41, 5.74) is 0.687. The lowest BCUT2D eigenvalue weighted by molar-refractivity contribution is -0.384. The number of hydrogen-bond acceptors (Lipinski definition) is 5. The first-order valence-corrected chi connectivity index (χ1v) is 6.25. The van der Waals surface area contributed by atoms with Gasteiger partial charge in [0.1, 0.15) is 11.4 Å². The van der Waals surface area contributed by atoms with Crippen LogP contribution in [0.15, 0.2) is 18.2 Å². The van der Waals surface area contributed by atoms with Crippen LogP contribution in [0.3, 0.4) is 0 Å². The highest BCUT2D eigenvalue weighted by atomic mass is 16.6. The lowest BCUT2D eigenvalue weighted by Gasteiger charge is -2.40. The predicted molar refractivity (Wildman–Crippen MR) is 73.9 cm³/mol. The smallest absolute Gasteiger partial charge is 0.292 e. The van der Waals surface area contributed by atoms with Crippen LogP contribution in [0.25, 0.3) is 0 Å². The Bertz CT molecular complexity index is 488. The summed E-state index contributed by atoms with van der Waals surface area (Å²) in [6.45, 7) is 6.45. The largest absolute Gasteiger partial charge is 0.497 e. The average molecular weight is 265 g/mol. The highest BCUT2D eigenvalue weighted by Gasteiger charge is 2.29. The number of nitrogens with one attached hydrogen (secondary N) is 1. The molecule has 1 fully saturated rings. The van der Waals surface area contributed by atoms with Crippen molar-refractivity contribution in [3.63, 3.8) is 0 Å². The highest BCUT2D eigenvalue weighted by molar-refractivity contribution is 5.66. The molecule has 0 bridgehead atoms. The molecule has 2 rings (SSSR count). The van der Waals surface area contributed by atoms with E-state index in [1.165, 1.54) is 6.07 Å². The third kappa shape index (κ3) is 2.96. The second-order valence-electron chi connectivity index (χ2n) is 5.34. The van der Waals surface area contributed by atoms with Gasteiger partial charge in [-0.2, -0.15) is 0 Å². The minimum absolute atomic E-state index is 0.0603. The van der Waals surface area contributed by atoms with Crippen LogP contribution in [0, 0.1) is 10.1 Å². The Hall–Kier alpha value is -1.82. The number of nitrogens with zero attached hydrogens (tertiary/aromatic N) is 2.